The second kappa shape index (κ2) is 7.38. The molecule has 0 unspecified atom stereocenters. The van der Waals surface area contributed by atoms with Gasteiger partial charge in [0.15, 0.2) is 5.82 Å². The molecular formula is C20H18F3N3S. The molecule has 0 saturated carbocycles. The van der Waals surface area contributed by atoms with Crippen molar-refractivity contribution in [1.29, 1.82) is 0 Å². The SMILES string of the molecule is FC(F)(F)c1cccc(CSc2nc3ccccc3nc2N2CCCC2)c1. The highest BCUT2D eigenvalue weighted by molar-refractivity contribution is 7.98. The molecular weight excluding hydrogens is 371 g/mol. The van der Waals surface area contributed by atoms with Gasteiger partial charge in [-0.25, -0.2) is 9.97 Å². The minimum atomic E-state index is -4.33. The van der Waals surface area contributed by atoms with Crippen molar-refractivity contribution < 1.29 is 13.2 Å². The molecule has 1 aromatic heterocycles. The maximum atomic E-state index is 12.9. The van der Waals surface area contributed by atoms with Crippen molar-refractivity contribution in [2.24, 2.45) is 0 Å². The summed E-state index contributed by atoms with van der Waals surface area (Å²) in [5.41, 5.74) is 1.64. The van der Waals surface area contributed by atoms with Gasteiger partial charge in [0, 0.05) is 18.8 Å². The van der Waals surface area contributed by atoms with E-state index in [4.69, 9.17) is 9.97 Å². The van der Waals surface area contributed by atoms with Crippen molar-refractivity contribution >= 4 is 28.6 Å². The van der Waals surface area contributed by atoms with Crippen LogP contribution in [0.4, 0.5) is 19.0 Å². The van der Waals surface area contributed by atoms with Gasteiger partial charge in [-0.15, -0.1) is 0 Å². The number of hydrogen-bond donors (Lipinski definition) is 0. The molecule has 1 fully saturated rings. The second-order valence-electron chi connectivity index (χ2n) is 6.52. The molecule has 0 N–H and O–H groups in total. The van der Waals surface area contributed by atoms with E-state index in [-0.39, 0.29) is 0 Å². The fourth-order valence-corrected chi connectivity index (χ4v) is 4.15. The van der Waals surface area contributed by atoms with Gasteiger partial charge >= 0.3 is 6.18 Å². The molecule has 3 nitrogen and oxygen atoms in total. The molecule has 4 rings (SSSR count). The van der Waals surface area contributed by atoms with Crippen LogP contribution in [0.3, 0.4) is 0 Å². The molecule has 1 saturated heterocycles. The first kappa shape index (κ1) is 18.1. The zero-order chi connectivity index (χ0) is 18.9. The van der Waals surface area contributed by atoms with Gasteiger partial charge in [0.25, 0.3) is 0 Å². The van der Waals surface area contributed by atoms with Gasteiger partial charge in [0.05, 0.1) is 16.6 Å². The van der Waals surface area contributed by atoms with Crippen LogP contribution in [0.1, 0.15) is 24.0 Å². The Kier molecular flexibility index (Phi) is 4.95. The summed E-state index contributed by atoms with van der Waals surface area (Å²) in [4.78, 5) is 11.7. The normalized spacial score (nSPS) is 14.9. The summed E-state index contributed by atoms with van der Waals surface area (Å²) in [6.45, 7) is 1.87. The molecule has 0 amide bonds. The van der Waals surface area contributed by atoms with Crippen LogP contribution in [-0.2, 0) is 11.9 Å². The van der Waals surface area contributed by atoms with Gasteiger partial charge in [0.2, 0.25) is 0 Å². The number of nitrogens with zero attached hydrogens (tertiary/aromatic N) is 3. The Morgan fingerprint density at radius 3 is 2.33 bits per heavy atom. The van der Waals surface area contributed by atoms with Gasteiger partial charge in [-0.05, 0) is 36.6 Å². The van der Waals surface area contributed by atoms with Crippen molar-refractivity contribution in [3.8, 4) is 0 Å². The van der Waals surface area contributed by atoms with Crippen LogP contribution < -0.4 is 4.90 Å². The number of hydrogen-bond acceptors (Lipinski definition) is 4. The van der Waals surface area contributed by atoms with E-state index >= 15 is 0 Å². The predicted octanol–water partition coefficient (Wildman–Crippen LogP) is 5.54. The molecule has 0 radical (unpaired) electrons. The van der Waals surface area contributed by atoms with E-state index in [2.05, 4.69) is 4.90 Å². The summed E-state index contributed by atoms with van der Waals surface area (Å²) in [7, 11) is 0. The Morgan fingerprint density at radius 1 is 0.926 bits per heavy atom. The number of halogens is 3. The molecule has 0 aliphatic carbocycles. The number of aromatic nitrogens is 2. The monoisotopic (exact) mass is 389 g/mol. The van der Waals surface area contributed by atoms with E-state index in [1.807, 2.05) is 24.3 Å². The van der Waals surface area contributed by atoms with Gasteiger partial charge in [-0.1, -0.05) is 42.1 Å². The Balaban J connectivity index is 1.64. The van der Waals surface area contributed by atoms with E-state index in [1.54, 1.807) is 6.07 Å². The first-order chi connectivity index (χ1) is 13.0. The lowest BCUT2D eigenvalue weighted by molar-refractivity contribution is -0.137. The fraction of sp³-hybridized carbons (Fsp3) is 0.300. The average Bonchev–Trinajstić information content (AvgIpc) is 3.20. The molecule has 2 heterocycles. The molecule has 27 heavy (non-hydrogen) atoms. The lowest BCUT2D eigenvalue weighted by Crippen LogP contribution is -2.20. The van der Waals surface area contributed by atoms with Crippen LogP contribution in [0.2, 0.25) is 0 Å². The number of benzene rings is 2. The van der Waals surface area contributed by atoms with Crippen molar-refractivity contribution in [3.63, 3.8) is 0 Å². The number of para-hydroxylation sites is 2. The summed E-state index contributed by atoms with van der Waals surface area (Å²) < 4.78 is 38.8. The maximum absolute atomic E-state index is 12.9. The Bertz CT molecular complexity index is 953. The summed E-state index contributed by atoms with van der Waals surface area (Å²) in [6.07, 6.45) is -2.09. The minimum absolute atomic E-state index is 0.414. The van der Waals surface area contributed by atoms with Crippen molar-refractivity contribution in [2.45, 2.75) is 29.8 Å². The van der Waals surface area contributed by atoms with Crippen LogP contribution in [-0.4, -0.2) is 23.1 Å². The molecule has 0 spiro atoms. The average molecular weight is 389 g/mol. The maximum Gasteiger partial charge on any atom is 0.416 e. The Labute approximate surface area is 159 Å². The van der Waals surface area contributed by atoms with E-state index in [1.165, 1.54) is 23.9 Å². The van der Waals surface area contributed by atoms with E-state index in [9.17, 15) is 13.2 Å². The number of rotatable bonds is 4. The summed E-state index contributed by atoms with van der Waals surface area (Å²) >= 11 is 1.44. The summed E-state index contributed by atoms with van der Waals surface area (Å²) in [5, 5.41) is 0.771. The highest BCUT2D eigenvalue weighted by Crippen LogP contribution is 2.34. The van der Waals surface area contributed by atoms with Crippen molar-refractivity contribution in [1.82, 2.24) is 9.97 Å². The zero-order valence-electron chi connectivity index (χ0n) is 14.5. The zero-order valence-corrected chi connectivity index (χ0v) is 15.4. The molecule has 0 atom stereocenters. The molecule has 7 heteroatoms. The number of thioether (sulfide) groups is 1. The Hall–Kier alpha value is -2.28. The molecule has 0 bridgehead atoms. The third kappa shape index (κ3) is 4.03. The van der Waals surface area contributed by atoms with Gasteiger partial charge in [0.1, 0.15) is 5.03 Å². The lowest BCUT2D eigenvalue weighted by atomic mass is 10.1. The highest BCUT2D eigenvalue weighted by atomic mass is 32.2. The van der Waals surface area contributed by atoms with Crippen molar-refractivity contribution in [3.05, 3.63) is 59.7 Å². The first-order valence-corrected chi connectivity index (χ1v) is 9.80. The molecule has 1 aliphatic rings. The van der Waals surface area contributed by atoms with Crippen LogP contribution in [0, 0.1) is 0 Å². The third-order valence-corrected chi connectivity index (χ3v) is 5.58. The van der Waals surface area contributed by atoms with Crippen LogP contribution in [0.25, 0.3) is 11.0 Å². The molecule has 2 aromatic carbocycles. The number of alkyl halides is 3. The minimum Gasteiger partial charge on any atom is -0.354 e. The van der Waals surface area contributed by atoms with Gasteiger partial charge in [-0.2, -0.15) is 13.2 Å². The molecule has 1 aliphatic heterocycles. The van der Waals surface area contributed by atoms with Gasteiger partial charge in [-0.3, -0.25) is 0 Å². The van der Waals surface area contributed by atoms with Crippen molar-refractivity contribution in [2.75, 3.05) is 18.0 Å². The highest BCUT2D eigenvalue weighted by Gasteiger charge is 2.30. The third-order valence-electron chi connectivity index (χ3n) is 4.56. The number of anilines is 1. The summed E-state index contributed by atoms with van der Waals surface area (Å²) in [6, 6.07) is 13.1. The second-order valence-corrected chi connectivity index (χ2v) is 7.49. The van der Waals surface area contributed by atoms with E-state index in [0.29, 0.717) is 11.3 Å². The van der Waals surface area contributed by atoms with Crippen LogP contribution in [0.5, 0.6) is 0 Å². The topological polar surface area (TPSA) is 29.0 Å². The standard InChI is InChI=1S/C20H18F3N3S/c21-20(22,23)15-7-5-6-14(12-15)13-27-19-18(26-10-3-4-11-26)24-16-8-1-2-9-17(16)25-19/h1-2,5-9,12H,3-4,10-11,13H2. The van der Waals surface area contributed by atoms with Gasteiger partial charge < -0.3 is 4.90 Å². The van der Waals surface area contributed by atoms with E-state index < -0.39 is 11.7 Å². The largest absolute Gasteiger partial charge is 0.416 e. The Morgan fingerprint density at radius 2 is 1.63 bits per heavy atom. The molecule has 3 aromatic rings. The first-order valence-electron chi connectivity index (χ1n) is 8.81. The van der Waals surface area contributed by atoms with E-state index in [0.717, 1.165) is 53.9 Å². The number of fused-ring (bicyclic) bond motifs is 1. The predicted molar refractivity (Wildman–Crippen MR) is 102 cm³/mol. The summed E-state index contributed by atoms with van der Waals surface area (Å²) in [5.74, 6) is 1.25. The quantitative estimate of drug-likeness (QED) is 0.548. The van der Waals surface area contributed by atoms with Crippen LogP contribution in [0.15, 0.2) is 53.6 Å². The fourth-order valence-electron chi connectivity index (χ4n) is 3.20. The molecule has 140 valence electrons. The lowest BCUT2D eigenvalue weighted by Gasteiger charge is -2.19. The smallest absolute Gasteiger partial charge is 0.354 e. The van der Waals surface area contributed by atoms with Crippen LogP contribution >= 0.6 is 11.8 Å².